The van der Waals surface area contributed by atoms with Crippen LogP contribution in [0.5, 0.6) is 11.5 Å². The molecule has 1 fully saturated rings. The van der Waals surface area contributed by atoms with Crippen molar-refractivity contribution in [3.05, 3.63) is 24.3 Å². The van der Waals surface area contributed by atoms with Crippen LogP contribution in [0.15, 0.2) is 24.3 Å². The monoisotopic (exact) mass is 279 g/mol. The molecule has 1 aromatic carbocycles. The van der Waals surface area contributed by atoms with Gasteiger partial charge in [0.1, 0.15) is 12.7 Å². The molecule has 2 aliphatic rings. The van der Waals surface area contributed by atoms with Gasteiger partial charge in [0.25, 0.3) is 0 Å². The van der Waals surface area contributed by atoms with Crippen LogP contribution in [-0.4, -0.2) is 61.2 Å². The molecule has 5 heteroatoms. The number of fused-ring (bicyclic) bond motifs is 1. The second kappa shape index (κ2) is 5.99. The van der Waals surface area contributed by atoms with Crippen LogP contribution < -0.4 is 9.47 Å². The van der Waals surface area contributed by atoms with Gasteiger partial charge >= 0.3 is 0 Å². The van der Waals surface area contributed by atoms with Crippen molar-refractivity contribution in [3.63, 3.8) is 0 Å². The minimum Gasteiger partial charge on any atom is -0.486 e. The third-order valence-electron chi connectivity index (χ3n) is 3.63. The second-order valence-electron chi connectivity index (χ2n) is 5.47. The first-order valence-corrected chi connectivity index (χ1v) is 7.11. The van der Waals surface area contributed by atoms with E-state index in [1.54, 1.807) is 0 Å². The number of hydrogen-bond donors (Lipinski definition) is 1. The lowest BCUT2D eigenvalue weighted by molar-refractivity contribution is -0.103. The molecule has 3 rings (SSSR count). The highest BCUT2D eigenvalue weighted by atomic mass is 16.6. The van der Waals surface area contributed by atoms with Gasteiger partial charge in [-0.3, -0.25) is 4.90 Å². The summed E-state index contributed by atoms with van der Waals surface area (Å²) in [5.74, 6) is 1.62. The fourth-order valence-corrected chi connectivity index (χ4v) is 2.83. The smallest absolute Gasteiger partial charge is 0.161 e. The first kappa shape index (κ1) is 13.7. The Morgan fingerprint density at radius 2 is 2.00 bits per heavy atom. The molecule has 110 valence electrons. The first-order valence-electron chi connectivity index (χ1n) is 7.11. The summed E-state index contributed by atoms with van der Waals surface area (Å²) in [5, 5.41) is 9.25. The van der Waals surface area contributed by atoms with E-state index in [0.717, 1.165) is 31.1 Å². The van der Waals surface area contributed by atoms with E-state index in [-0.39, 0.29) is 24.9 Å². The normalized spacial score (nSPS) is 30.2. The molecule has 3 atom stereocenters. The van der Waals surface area contributed by atoms with Gasteiger partial charge in [0, 0.05) is 19.6 Å². The number of hydrogen-bond acceptors (Lipinski definition) is 5. The molecule has 3 unspecified atom stereocenters. The van der Waals surface area contributed by atoms with Gasteiger partial charge in [0.2, 0.25) is 0 Å². The summed E-state index contributed by atoms with van der Waals surface area (Å²) in [6, 6.07) is 7.74. The minimum absolute atomic E-state index is 0.0227. The third-order valence-corrected chi connectivity index (χ3v) is 3.63. The fraction of sp³-hybridized carbons (Fsp3) is 0.600. The molecule has 1 saturated heterocycles. The lowest BCUT2D eigenvalue weighted by Crippen LogP contribution is -2.52. The maximum absolute atomic E-state index is 9.25. The average molecular weight is 279 g/mol. The maximum atomic E-state index is 9.25. The number of rotatable bonds is 3. The van der Waals surface area contributed by atoms with Gasteiger partial charge in [-0.2, -0.15) is 0 Å². The Morgan fingerprint density at radius 3 is 2.80 bits per heavy atom. The van der Waals surface area contributed by atoms with Crippen molar-refractivity contribution in [1.82, 2.24) is 4.90 Å². The molecular weight excluding hydrogens is 258 g/mol. The van der Waals surface area contributed by atoms with Crippen LogP contribution in [0.3, 0.4) is 0 Å². The van der Waals surface area contributed by atoms with Crippen LogP contribution in [-0.2, 0) is 4.74 Å². The van der Waals surface area contributed by atoms with Crippen molar-refractivity contribution in [2.75, 3.05) is 32.8 Å². The molecule has 1 N–H and O–H groups in total. The zero-order valence-electron chi connectivity index (χ0n) is 11.7. The molecule has 5 nitrogen and oxygen atoms in total. The molecule has 1 aromatic rings. The zero-order chi connectivity index (χ0) is 13.9. The highest BCUT2D eigenvalue weighted by Gasteiger charge is 2.29. The van der Waals surface area contributed by atoms with E-state index >= 15 is 0 Å². The van der Waals surface area contributed by atoms with E-state index < -0.39 is 0 Å². The summed E-state index contributed by atoms with van der Waals surface area (Å²) in [7, 11) is 0. The summed E-state index contributed by atoms with van der Waals surface area (Å²) in [4.78, 5) is 2.27. The lowest BCUT2D eigenvalue weighted by atomic mass is 10.2. The standard InChI is InChI=1S/C15H21NO4/c1-11-6-16(7-12(9-17)19-11)8-13-10-18-14-4-2-3-5-15(14)20-13/h2-5,11-13,17H,6-10H2,1H3. The molecule has 0 aliphatic carbocycles. The Balaban J connectivity index is 1.59. The van der Waals surface area contributed by atoms with Gasteiger partial charge in [-0.15, -0.1) is 0 Å². The van der Waals surface area contributed by atoms with Gasteiger partial charge in [-0.25, -0.2) is 0 Å². The van der Waals surface area contributed by atoms with Crippen molar-refractivity contribution >= 4 is 0 Å². The number of para-hydroxylation sites is 2. The number of aliphatic hydroxyl groups is 1. The third kappa shape index (κ3) is 3.06. The summed E-state index contributed by atoms with van der Waals surface area (Å²) >= 11 is 0. The zero-order valence-corrected chi connectivity index (χ0v) is 11.7. The van der Waals surface area contributed by atoms with Crippen LogP contribution in [0.4, 0.5) is 0 Å². The molecule has 0 spiro atoms. The Bertz CT molecular complexity index is 453. The Kier molecular flexibility index (Phi) is 4.10. The van der Waals surface area contributed by atoms with Gasteiger partial charge in [0.15, 0.2) is 11.5 Å². The van der Waals surface area contributed by atoms with Crippen LogP contribution in [0.1, 0.15) is 6.92 Å². The largest absolute Gasteiger partial charge is 0.486 e. The molecule has 0 radical (unpaired) electrons. The molecule has 0 bridgehead atoms. The predicted molar refractivity (Wildman–Crippen MR) is 74.2 cm³/mol. The molecule has 0 saturated carbocycles. The quantitative estimate of drug-likeness (QED) is 0.891. The lowest BCUT2D eigenvalue weighted by Gasteiger charge is -2.38. The number of nitrogens with zero attached hydrogens (tertiary/aromatic N) is 1. The minimum atomic E-state index is -0.101. The van der Waals surface area contributed by atoms with E-state index in [1.807, 2.05) is 31.2 Å². The van der Waals surface area contributed by atoms with Gasteiger partial charge < -0.3 is 19.3 Å². The SMILES string of the molecule is CC1CN(CC2COc3ccccc3O2)CC(CO)O1. The molecule has 2 aliphatic heterocycles. The van der Waals surface area contributed by atoms with Gasteiger partial charge in [0.05, 0.1) is 18.8 Å². The summed E-state index contributed by atoms with van der Waals surface area (Å²) in [6.45, 7) is 5.04. The van der Waals surface area contributed by atoms with Gasteiger partial charge in [-0.05, 0) is 19.1 Å². The van der Waals surface area contributed by atoms with Crippen LogP contribution in [0, 0.1) is 0 Å². The van der Waals surface area contributed by atoms with E-state index in [0.29, 0.717) is 6.61 Å². The molecular formula is C15H21NO4. The Labute approximate surface area is 119 Å². The average Bonchev–Trinajstić information content (AvgIpc) is 2.46. The van der Waals surface area contributed by atoms with Crippen molar-refractivity contribution in [3.8, 4) is 11.5 Å². The summed E-state index contributed by atoms with van der Waals surface area (Å²) in [6.07, 6.45) is 0.0581. The predicted octanol–water partition coefficient (Wildman–Crippen LogP) is 0.908. The Hall–Kier alpha value is -1.30. The topological polar surface area (TPSA) is 51.2 Å². The van der Waals surface area contributed by atoms with Crippen molar-refractivity contribution < 1.29 is 19.3 Å². The van der Waals surface area contributed by atoms with Crippen LogP contribution >= 0.6 is 0 Å². The van der Waals surface area contributed by atoms with E-state index in [9.17, 15) is 5.11 Å². The van der Waals surface area contributed by atoms with Crippen molar-refractivity contribution in [2.24, 2.45) is 0 Å². The fourth-order valence-electron chi connectivity index (χ4n) is 2.83. The highest BCUT2D eigenvalue weighted by molar-refractivity contribution is 5.40. The molecule has 2 heterocycles. The first-order chi connectivity index (χ1) is 9.74. The van der Waals surface area contributed by atoms with Crippen LogP contribution in [0.2, 0.25) is 0 Å². The summed E-state index contributed by atoms with van der Waals surface area (Å²) < 4.78 is 17.3. The Morgan fingerprint density at radius 1 is 1.20 bits per heavy atom. The number of morpholine rings is 1. The molecule has 0 amide bonds. The highest BCUT2D eigenvalue weighted by Crippen LogP contribution is 2.31. The number of benzene rings is 1. The second-order valence-corrected chi connectivity index (χ2v) is 5.47. The van der Waals surface area contributed by atoms with Crippen molar-refractivity contribution in [1.29, 1.82) is 0 Å². The molecule has 0 aromatic heterocycles. The van der Waals surface area contributed by atoms with E-state index in [4.69, 9.17) is 14.2 Å². The molecule has 20 heavy (non-hydrogen) atoms. The number of aliphatic hydroxyl groups excluding tert-OH is 1. The van der Waals surface area contributed by atoms with Gasteiger partial charge in [-0.1, -0.05) is 12.1 Å². The van der Waals surface area contributed by atoms with E-state index in [2.05, 4.69) is 4.90 Å². The summed E-state index contributed by atoms with van der Waals surface area (Å²) in [5.41, 5.74) is 0. The van der Waals surface area contributed by atoms with E-state index in [1.165, 1.54) is 0 Å². The number of ether oxygens (including phenoxy) is 3. The van der Waals surface area contributed by atoms with Crippen molar-refractivity contribution in [2.45, 2.75) is 25.2 Å². The van der Waals surface area contributed by atoms with Crippen LogP contribution in [0.25, 0.3) is 0 Å². The maximum Gasteiger partial charge on any atom is 0.161 e.